The van der Waals surface area contributed by atoms with Crippen molar-refractivity contribution in [3.05, 3.63) is 53.6 Å². The van der Waals surface area contributed by atoms with Crippen molar-refractivity contribution >= 4 is 11.8 Å². The Morgan fingerprint density at radius 1 is 1.00 bits per heavy atom. The molecule has 110 valence electrons. The van der Waals surface area contributed by atoms with Gasteiger partial charge in [-0.15, -0.1) is 11.8 Å². The summed E-state index contributed by atoms with van der Waals surface area (Å²) in [6.45, 7) is 2.19. The summed E-state index contributed by atoms with van der Waals surface area (Å²) in [4.78, 5) is 1.30. The number of thioether (sulfide) groups is 1. The van der Waals surface area contributed by atoms with E-state index < -0.39 is 0 Å². The van der Waals surface area contributed by atoms with Crippen molar-refractivity contribution < 1.29 is 9.47 Å². The number of hydrogen-bond donors (Lipinski definition) is 1. The minimum atomic E-state index is 0.336. The van der Waals surface area contributed by atoms with E-state index in [1.165, 1.54) is 16.0 Å². The van der Waals surface area contributed by atoms with E-state index in [-0.39, 0.29) is 0 Å². The molecule has 1 N–H and O–H groups in total. The van der Waals surface area contributed by atoms with Gasteiger partial charge >= 0.3 is 0 Å². The molecule has 0 saturated heterocycles. The lowest BCUT2D eigenvalue weighted by Crippen LogP contribution is -2.16. The van der Waals surface area contributed by atoms with E-state index in [4.69, 9.17) is 9.47 Å². The van der Waals surface area contributed by atoms with E-state index in [1.807, 2.05) is 6.07 Å². The third-order valence-electron chi connectivity index (χ3n) is 3.52. The summed E-state index contributed by atoms with van der Waals surface area (Å²) in [5.74, 6) is 1.71. The molecule has 1 aliphatic rings. The Bertz CT molecular complexity index is 598. The van der Waals surface area contributed by atoms with Crippen LogP contribution in [-0.2, 0) is 13.0 Å². The second-order valence-corrected chi connectivity index (χ2v) is 5.84. The fourth-order valence-corrected chi connectivity index (χ4v) is 2.71. The van der Waals surface area contributed by atoms with Gasteiger partial charge < -0.3 is 14.8 Å². The van der Waals surface area contributed by atoms with E-state index >= 15 is 0 Å². The minimum absolute atomic E-state index is 0.336. The van der Waals surface area contributed by atoms with Crippen LogP contribution in [0.5, 0.6) is 11.5 Å². The van der Waals surface area contributed by atoms with Crippen LogP contribution < -0.4 is 14.8 Å². The van der Waals surface area contributed by atoms with Crippen LogP contribution in [0.25, 0.3) is 0 Å². The fourth-order valence-electron chi connectivity index (χ4n) is 2.31. The Kier molecular flexibility index (Phi) is 4.68. The van der Waals surface area contributed by atoms with Crippen molar-refractivity contribution in [2.24, 2.45) is 0 Å². The molecular weight excluding hydrogens is 282 g/mol. The molecule has 3 rings (SSSR count). The molecule has 0 radical (unpaired) electrons. The highest BCUT2D eigenvalue weighted by atomic mass is 32.2. The van der Waals surface area contributed by atoms with Gasteiger partial charge in [-0.25, -0.2) is 0 Å². The lowest BCUT2D eigenvalue weighted by atomic mass is 10.1. The molecule has 1 aliphatic heterocycles. The van der Waals surface area contributed by atoms with E-state index in [1.54, 1.807) is 11.8 Å². The first-order valence-electron chi connectivity index (χ1n) is 7.07. The lowest BCUT2D eigenvalue weighted by Gasteiger charge is -2.06. The third-order valence-corrected chi connectivity index (χ3v) is 4.26. The second-order valence-electron chi connectivity index (χ2n) is 4.96. The van der Waals surface area contributed by atoms with Crippen molar-refractivity contribution in [3.8, 4) is 11.5 Å². The number of hydrogen-bond acceptors (Lipinski definition) is 4. The predicted molar refractivity (Wildman–Crippen MR) is 86.2 cm³/mol. The SMILES string of the molecule is CSc1ccc(CNCCc2ccc3c(c2)OCO3)cc1. The molecule has 0 bridgehead atoms. The molecule has 0 aromatic heterocycles. The van der Waals surface area contributed by atoms with Crippen LogP contribution in [-0.4, -0.2) is 19.6 Å². The molecule has 0 atom stereocenters. The summed E-state index contributed by atoms with van der Waals surface area (Å²) in [6, 6.07) is 14.8. The molecule has 0 saturated carbocycles. The number of rotatable bonds is 6. The van der Waals surface area contributed by atoms with Crippen LogP contribution >= 0.6 is 11.8 Å². The molecular formula is C17H19NO2S. The molecule has 0 fully saturated rings. The number of fused-ring (bicyclic) bond motifs is 1. The second kappa shape index (κ2) is 6.87. The zero-order valence-electron chi connectivity index (χ0n) is 12.1. The van der Waals surface area contributed by atoms with Crippen LogP contribution in [0.1, 0.15) is 11.1 Å². The van der Waals surface area contributed by atoms with E-state index in [9.17, 15) is 0 Å². The highest BCUT2D eigenvalue weighted by molar-refractivity contribution is 7.98. The van der Waals surface area contributed by atoms with Crippen LogP contribution in [0.4, 0.5) is 0 Å². The normalized spacial score (nSPS) is 12.6. The quantitative estimate of drug-likeness (QED) is 0.654. The van der Waals surface area contributed by atoms with Gasteiger partial charge in [0.2, 0.25) is 6.79 Å². The van der Waals surface area contributed by atoms with Crippen molar-refractivity contribution in [2.45, 2.75) is 17.9 Å². The zero-order valence-corrected chi connectivity index (χ0v) is 12.9. The maximum Gasteiger partial charge on any atom is 0.231 e. The number of benzene rings is 2. The topological polar surface area (TPSA) is 30.5 Å². The van der Waals surface area contributed by atoms with Crippen molar-refractivity contribution in [3.63, 3.8) is 0 Å². The van der Waals surface area contributed by atoms with E-state index in [2.05, 4.69) is 48.0 Å². The summed E-state index contributed by atoms with van der Waals surface area (Å²) < 4.78 is 10.7. The Hall–Kier alpha value is -1.65. The summed E-state index contributed by atoms with van der Waals surface area (Å²) in [6.07, 6.45) is 3.08. The zero-order chi connectivity index (χ0) is 14.5. The minimum Gasteiger partial charge on any atom is -0.454 e. The summed E-state index contributed by atoms with van der Waals surface area (Å²) in [5, 5.41) is 3.48. The molecule has 0 spiro atoms. The first kappa shape index (κ1) is 14.3. The van der Waals surface area contributed by atoms with Gasteiger partial charge in [-0.2, -0.15) is 0 Å². The predicted octanol–water partition coefficient (Wildman–Crippen LogP) is 3.47. The van der Waals surface area contributed by atoms with Crippen molar-refractivity contribution in [1.29, 1.82) is 0 Å². The summed E-state index contributed by atoms with van der Waals surface area (Å²) in [5.41, 5.74) is 2.59. The van der Waals surface area contributed by atoms with Gasteiger partial charge in [-0.1, -0.05) is 18.2 Å². The highest BCUT2D eigenvalue weighted by Crippen LogP contribution is 2.32. The summed E-state index contributed by atoms with van der Waals surface area (Å²) in [7, 11) is 0. The largest absolute Gasteiger partial charge is 0.454 e. The average Bonchev–Trinajstić information content (AvgIpc) is 3.00. The van der Waals surface area contributed by atoms with Gasteiger partial charge in [0.1, 0.15) is 0 Å². The molecule has 2 aromatic rings. The third kappa shape index (κ3) is 3.71. The number of ether oxygens (including phenoxy) is 2. The van der Waals surface area contributed by atoms with E-state index in [0.717, 1.165) is 31.0 Å². The van der Waals surface area contributed by atoms with Gasteiger partial charge in [-0.05, 0) is 54.6 Å². The van der Waals surface area contributed by atoms with Crippen LogP contribution in [0.15, 0.2) is 47.4 Å². The first-order valence-corrected chi connectivity index (χ1v) is 8.30. The first-order chi connectivity index (χ1) is 10.3. The molecule has 1 heterocycles. The molecule has 2 aromatic carbocycles. The molecule has 3 nitrogen and oxygen atoms in total. The molecule has 4 heteroatoms. The van der Waals surface area contributed by atoms with Gasteiger partial charge in [0.25, 0.3) is 0 Å². The van der Waals surface area contributed by atoms with Crippen molar-refractivity contribution in [1.82, 2.24) is 5.32 Å². The van der Waals surface area contributed by atoms with Crippen LogP contribution in [0, 0.1) is 0 Å². The monoisotopic (exact) mass is 301 g/mol. The lowest BCUT2D eigenvalue weighted by molar-refractivity contribution is 0.174. The van der Waals surface area contributed by atoms with Gasteiger partial charge in [-0.3, -0.25) is 0 Å². The Morgan fingerprint density at radius 3 is 2.57 bits per heavy atom. The standard InChI is InChI=1S/C17H19NO2S/c1-21-15-5-2-14(3-6-15)11-18-9-8-13-4-7-16-17(10-13)20-12-19-16/h2-7,10,18H,8-9,11-12H2,1H3. The van der Waals surface area contributed by atoms with Crippen molar-refractivity contribution in [2.75, 3.05) is 19.6 Å². The van der Waals surface area contributed by atoms with Crippen LogP contribution in [0.2, 0.25) is 0 Å². The number of nitrogens with one attached hydrogen (secondary N) is 1. The van der Waals surface area contributed by atoms with Gasteiger partial charge in [0.15, 0.2) is 11.5 Å². The molecule has 21 heavy (non-hydrogen) atoms. The van der Waals surface area contributed by atoms with Gasteiger partial charge in [0, 0.05) is 11.4 Å². The fraction of sp³-hybridized carbons (Fsp3) is 0.294. The Labute approximate surface area is 129 Å². The Balaban J connectivity index is 1.45. The van der Waals surface area contributed by atoms with Gasteiger partial charge in [0.05, 0.1) is 0 Å². The average molecular weight is 301 g/mol. The maximum atomic E-state index is 5.39. The highest BCUT2D eigenvalue weighted by Gasteiger charge is 2.12. The smallest absolute Gasteiger partial charge is 0.231 e. The Morgan fingerprint density at radius 2 is 1.76 bits per heavy atom. The summed E-state index contributed by atoms with van der Waals surface area (Å²) >= 11 is 1.77. The maximum absolute atomic E-state index is 5.39. The molecule has 0 unspecified atom stereocenters. The van der Waals surface area contributed by atoms with Crippen LogP contribution in [0.3, 0.4) is 0 Å². The molecule has 0 aliphatic carbocycles. The van der Waals surface area contributed by atoms with E-state index in [0.29, 0.717) is 6.79 Å². The molecule has 0 amide bonds.